The third-order valence-electron chi connectivity index (χ3n) is 3.94. The van der Waals surface area contributed by atoms with Crippen molar-refractivity contribution in [2.24, 2.45) is 0 Å². The molecule has 124 valence electrons. The molecule has 0 aliphatic carbocycles. The first-order valence-electron chi connectivity index (χ1n) is 7.76. The van der Waals surface area contributed by atoms with E-state index in [2.05, 4.69) is 16.4 Å². The number of aryl methyl sites for hydroxylation is 2. The lowest BCUT2D eigenvalue weighted by molar-refractivity contribution is 0.0823. The van der Waals surface area contributed by atoms with Crippen LogP contribution in [0.1, 0.15) is 40.2 Å². The summed E-state index contributed by atoms with van der Waals surface area (Å²) in [6.45, 7) is 7.36. The van der Waals surface area contributed by atoms with E-state index < -0.39 is 5.60 Å². The number of thiazole rings is 1. The van der Waals surface area contributed by atoms with E-state index in [0.29, 0.717) is 15.6 Å². The Bertz CT molecular complexity index is 923. The number of aromatic nitrogens is 1. The van der Waals surface area contributed by atoms with Gasteiger partial charge in [-0.2, -0.15) is 0 Å². The van der Waals surface area contributed by atoms with Crippen LogP contribution in [0.4, 0.5) is 5.13 Å². The molecular weight excluding hydrogens is 320 g/mol. The predicted molar refractivity (Wildman–Crippen MR) is 98.7 cm³/mol. The van der Waals surface area contributed by atoms with Crippen LogP contribution >= 0.6 is 11.3 Å². The van der Waals surface area contributed by atoms with Crippen molar-refractivity contribution in [3.05, 3.63) is 58.1 Å². The fourth-order valence-electron chi connectivity index (χ4n) is 2.63. The number of carbonyl (C=O) groups is 1. The average Bonchev–Trinajstić information content (AvgIpc) is 2.96. The molecule has 3 rings (SSSR count). The SMILES string of the molecule is Cc1ccc2c(C(=O)Nc3ncc(C(C)(C)O)s3)c(C)ccc2c1. The molecule has 0 aliphatic heterocycles. The van der Waals surface area contributed by atoms with Crippen LogP contribution < -0.4 is 5.32 Å². The number of anilines is 1. The summed E-state index contributed by atoms with van der Waals surface area (Å²) in [5.41, 5.74) is 1.77. The lowest BCUT2D eigenvalue weighted by Gasteiger charge is -2.13. The highest BCUT2D eigenvalue weighted by atomic mass is 32.1. The van der Waals surface area contributed by atoms with Crippen molar-refractivity contribution >= 4 is 33.1 Å². The van der Waals surface area contributed by atoms with Crippen molar-refractivity contribution in [2.75, 3.05) is 5.32 Å². The fraction of sp³-hybridized carbons (Fsp3) is 0.263. The number of aliphatic hydroxyl groups is 1. The molecule has 2 aromatic carbocycles. The van der Waals surface area contributed by atoms with Gasteiger partial charge in [0, 0.05) is 6.20 Å². The smallest absolute Gasteiger partial charge is 0.258 e. The fourth-order valence-corrected chi connectivity index (χ4v) is 3.45. The molecular formula is C19H20N2O2S. The molecule has 0 bridgehead atoms. The summed E-state index contributed by atoms with van der Waals surface area (Å²) in [7, 11) is 0. The first-order valence-corrected chi connectivity index (χ1v) is 8.57. The summed E-state index contributed by atoms with van der Waals surface area (Å²) in [5.74, 6) is -0.182. The van der Waals surface area contributed by atoms with Gasteiger partial charge in [0.05, 0.1) is 16.0 Å². The quantitative estimate of drug-likeness (QED) is 0.743. The Hall–Kier alpha value is -2.24. The van der Waals surface area contributed by atoms with Crippen LogP contribution in [-0.2, 0) is 5.60 Å². The molecule has 3 aromatic rings. The lowest BCUT2D eigenvalue weighted by Crippen LogP contribution is -2.14. The molecule has 0 atom stereocenters. The van der Waals surface area contributed by atoms with E-state index in [0.717, 1.165) is 21.9 Å². The molecule has 0 radical (unpaired) electrons. The molecule has 0 saturated carbocycles. The molecule has 5 heteroatoms. The maximum Gasteiger partial charge on any atom is 0.258 e. The van der Waals surface area contributed by atoms with Crippen molar-refractivity contribution in [2.45, 2.75) is 33.3 Å². The van der Waals surface area contributed by atoms with Gasteiger partial charge in [-0.25, -0.2) is 4.98 Å². The monoisotopic (exact) mass is 340 g/mol. The number of hydrogen-bond donors (Lipinski definition) is 2. The van der Waals surface area contributed by atoms with Crippen LogP contribution in [0.5, 0.6) is 0 Å². The Morgan fingerprint density at radius 2 is 1.96 bits per heavy atom. The molecule has 0 aliphatic rings. The molecule has 24 heavy (non-hydrogen) atoms. The summed E-state index contributed by atoms with van der Waals surface area (Å²) >= 11 is 1.28. The second-order valence-corrected chi connectivity index (χ2v) is 7.56. The summed E-state index contributed by atoms with van der Waals surface area (Å²) in [6, 6.07) is 10.1. The standard InChI is InChI=1S/C19H20N2O2S/c1-11-5-8-14-13(9-11)7-6-12(2)16(14)17(22)21-18-20-10-15(24-18)19(3,4)23/h5-10,23H,1-4H3,(H,20,21,22). The van der Waals surface area contributed by atoms with Gasteiger partial charge in [0.1, 0.15) is 0 Å². The van der Waals surface area contributed by atoms with Gasteiger partial charge >= 0.3 is 0 Å². The van der Waals surface area contributed by atoms with Gasteiger partial charge in [0.15, 0.2) is 5.13 Å². The van der Waals surface area contributed by atoms with Crippen LogP contribution in [-0.4, -0.2) is 16.0 Å². The minimum atomic E-state index is -0.965. The van der Waals surface area contributed by atoms with Gasteiger partial charge in [0.2, 0.25) is 0 Å². The Morgan fingerprint density at radius 3 is 2.62 bits per heavy atom. The number of nitrogens with zero attached hydrogens (tertiary/aromatic N) is 1. The highest BCUT2D eigenvalue weighted by molar-refractivity contribution is 7.15. The van der Waals surface area contributed by atoms with Crippen molar-refractivity contribution in [3.63, 3.8) is 0 Å². The van der Waals surface area contributed by atoms with Crippen molar-refractivity contribution in [1.29, 1.82) is 0 Å². The van der Waals surface area contributed by atoms with Gasteiger partial charge in [-0.3, -0.25) is 10.1 Å². The molecule has 0 saturated heterocycles. The van der Waals surface area contributed by atoms with Crippen molar-refractivity contribution < 1.29 is 9.90 Å². The Kier molecular flexibility index (Phi) is 4.15. The second kappa shape index (κ2) is 6.00. The zero-order chi connectivity index (χ0) is 17.5. The Morgan fingerprint density at radius 1 is 1.21 bits per heavy atom. The van der Waals surface area contributed by atoms with Crippen LogP contribution in [0, 0.1) is 13.8 Å². The number of fused-ring (bicyclic) bond motifs is 1. The number of benzene rings is 2. The minimum Gasteiger partial charge on any atom is -0.385 e. The van der Waals surface area contributed by atoms with E-state index in [9.17, 15) is 9.90 Å². The molecule has 1 aromatic heterocycles. The third-order valence-corrected chi connectivity index (χ3v) is 5.17. The lowest BCUT2D eigenvalue weighted by atomic mass is 9.98. The molecule has 4 nitrogen and oxygen atoms in total. The van der Waals surface area contributed by atoms with E-state index in [1.807, 2.05) is 38.1 Å². The van der Waals surface area contributed by atoms with Crippen molar-refractivity contribution in [1.82, 2.24) is 4.98 Å². The number of nitrogens with one attached hydrogen (secondary N) is 1. The molecule has 0 spiro atoms. The summed E-state index contributed by atoms with van der Waals surface area (Å²) in [4.78, 5) is 17.7. The highest BCUT2D eigenvalue weighted by Crippen LogP contribution is 2.30. The summed E-state index contributed by atoms with van der Waals surface area (Å²) in [6.07, 6.45) is 1.60. The number of carbonyl (C=O) groups excluding carboxylic acids is 1. The maximum absolute atomic E-state index is 12.8. The number of hydrogen-bond acceptors (Lipinski definition) is 4. The van der Waals surface area contributed by atoms with Gasteiger partial charge in [-0.05, 0) is 44.0 Å². The topological polar surface area (TPSA) is 62.2 Å². The molecule has 1 amide bonds. The van der Waals surface area contributed by atoms with Crippen molar-refractivity contribution in [3.8, 4) is 0 Å². The van der Waals surface area contributed by atoms with Crippen LogP contribution in [0.2, 0.25) is 0 Å². The van der Waals surface area contributed by atoms with E-state index in [-0.39, 0.29) is 5.91 Å². The highest BCUT2D eigenvalue weighted by Gasteiger charge is 2.21. The maximum atomic E-state index is 12.8. The molecule has 2 N–H and O–H groups in total. The van der Waals surface area contributed by atoms with E-state index in [4.69, 9.17) is 0 Å². The van der Waals surface area contributed by atoms with E-state index >= 15 is 0 Å². The number of rotatable bonds is 3. The second-order valence-electron chi connectivity index (χ2n) is 6.52. The first kappa shape index (κ1) is 16.6. The molecule has 1 heterocycles. The average molecular weight is 340 g/mol. The predicted octanol–water partition coefficient (Wildman–Crippen LogP) is 4.39. The first-order chi connectivity index (χ1) is 11.3. The Labute approximate surface area is 145 Å². The normalized spacial score (nSPS) is 11.7. The zero-order valence-electron chi connectivity index (χ0n) is 14.2. The molecule has 0 fully saturated rings. The molecule has 0 unspecified atom stereocenters. The van der Waals surface area contributed by atoms with Crippen LogP contribution in [0.15, 0.2) is 36.5 Å². The van der Waals surface area contributed by atoms with Gasteiger partial charge < -0.3 is 5.11 Å². The zero-order valence-corrected chi connectivity index (χ0v) is 15.0. The largest absolute Gasteiger partial charge is 0.385 e. The van der Waals surface area contributed by atoms with Gasteiger partial charge in [-0.15, -0.1) is 0 Å². The summed E-state index contributed by atoms with van der Waals surface area (Å²) < 4.78 is 0. The minimum absolute atomic E-state index is 0.182. The van der Waals surface area contributed by atoms with Gasteiger partial charge in [-0.1, -0.05) is 47.2 Å². The Balaban J connectivity index is 1.97. The van der Waals surface area contributed by atoms with E-state index in [1.165, 1.54) is 11.3 Å². The van der Waals surface area contributed by atoms with Gasteiger partial charge in [0.25, 0.3) is 5.91 Å². The van der Waals surface area contributed by atoms with Crippen LogP contribution in [0.3, 0.4) is 0 Å². The third kappa shape index (κ3) is 3.18. The number of amides is 1. The van der Waals surface area contributed by atoms with Crippen LogP contribution in [0.25, 0.3) is 10.8 Å². The van der Waals surface area contributed by atoms with E-state index in [1.54, 1.807) is 20.0 Å². The summed E-state index contributed by atoms with van der Waals surface area (Å²) in [5, 5.41) is 15.3.